The number of rotatable bonds is 1. The first-order valence-electron chi connectivity index (χ1n) is 3.75. The third kappa shape index (κ3) is 2.08. The van der Waals surface area contributed by atoms with Crippen LogP contribution in [0.2, 0.25) is 0 Å². The van der Waals surface area contributed by atoms with Gasteiger partial charge in [-0.05, 0) is 25.3 Å². The molecule has 0 radical (unpaired) electrons. The predicted octanol–water partition coefficient (Wildman–Crippen LogP) is 2.48. The van der Waals surface area contributed by atoms with Crippen LogP contribution in [0.15, 0.2) is 11.8 Å². The van der Waals surface area contributed by atoms with Crippen LogP contribution in [0.25, 0.3) is 0 Å². The van der Waals surface area contributed by atoms with Crippen LogP contribution in [0.1, 0.15) is 32.6 Å². The lowest BCUT2D eigenvalue weighted by molar-refractivity contribution is 0.165. The monoisotopic (exact) mass is 126 g/mol. The summed E-state index contributed by atoms with van der Waals surface area (Å²) in [7, 11) is 0. The summed E-state index contributed by atoms with van der Waals surface area (Å²) in [5, 5.41) is 0. The average Bonchev–Trinajstić information content (AvgIpc) is 1.91. The summed E-state index contributed by atoms with van der Waals surface area (Å²) < 4.78 is 5.38. The van der Waals surface area contributed by atoms with Crippen LogP contribution in [0.4, 0.5) is 0 Å². The quantitative estimate of drug-likeness (QED) is 0.524. The summed E-state index contributed by atoms with van der Waals surface area (Å²) >= 11 is 0. The van der Waals surface area contributed by atoms with E-state index < -0.39 is 0 Å². The molecular formula is C8H14O. The zero-order chi connectivity index (χ0) is 6.53. The molecule has 1 heterocycles. The molecule has 0 spiro atoms. The van der Waals surface area contributed by atoms with Gasteiger partial charge >= 0.3 is 0 Å². The van der Waals surface area contributed by atoms with Gasteiger partial charge in [-0.25, -0.2) is 0 Å². The third-order valence-corrected chi connectivity index (χ3v) is 1.54. The Hall–Kier alpha value is -0.460. The van der Waals surface area contributed by atoms with Gasteiger partial charge in [-0.1, -0.05) is 6.92 Å². The maximum atomic E-state index is 5.38. The van der Waals surface area contributed by atoms with E-state index in [1.165, 1.54) is 18.6 Å². The molecule has 0 unspecified atom stereocenters. The molecule has 0 aliphatic carbocycles. The van der Waals surface area contributed by atoms with Crippen molar-refractivity contribution >= 4 is 0 Å². The van der Waals surface area contributed by atoms with Crippen LogP contribution < -0.4 is 0 Å². The standard InChI is InChI=1S/C8H14O/c1-2-5-8-6-3-4-7-9-8/h5H,2-4,6-7H2,1H3. The van der Waals surface area contributed by atoms with Crippen molar-refractivity contribution in [2.24, 2.45) is 0 Å². The Morgan fingerprint density at radius 3 is 3.00 bits per heavy atom. The van der Waals surface area contributed by atoms with Gasteiger partial charge in [-0.15, -0.1) is 0 Å². The molecule has 0 amide bonds. The van der Waals surface area contributed by atoms with E-state index in [1.54, 1.807) is 0 Å². The summed E-state index contributed by atoms with van der Waals surface area (Å²) in [5.41, 5.74) is 0. The number of allylic oxidation sites excluding steroid dienone is 2. The lowest BCUT2D eigenvalue weighted by Gasteiger charge is -2.15. The van der Waals surface area contributed by atoms with Gasteiger partial charge in [0.05, 0.1) is 12.4 Å². The lowest BCUT2D eigenvalue weighted by Crippen LogP contribution is -2.02. The van der Waals surface area contributed by atoms with Crippen molar-refractivity contribution in [1.82, 2.24) is 0 Å². The van der Waals surface area contributed by atoms with Gasteiger partial charge in [0, 0.05) is 6.42 Å². The zero-order valence-corrected chi connectivity index (χ0v) is 6.02. The van der Waals surface area contributed by atoms with Crippen molar-refractivity contribution in [3.8, 4) is 0 Å². The Bertz CT molecular complexity index is 97.1. The molecule has 0 aromatic rings. The molecule has 52 valence electrons. The van der Waals surface area contributed by atoms with Gasteiger partial charge in [0.1, 0.15) is 0 Å². The first kappa shape index (κ1) is 6.66. The van der Waals surface area contributed by atoms with Gasteiger partial charge < -0.3 is 4.74 Å². The summed E-state index contributed by atoms with van der Waals surface area (Å²) in [4.78, 5) is 0. The fourth-order valence-corrected chi connectivity index (χ4v) is 1.07. The highest BCUT2D eigenvalue weighted by Crippen LogP contribution is 2.15. The molecular weight excluding hydrogens is 112 g/mol. The minimum Gasteiger partial charge on any atom is -0.498 e. The van der Waals surface area contributed by atoms with E-state index in [0.29, 0.717) is 0 Å². The van der Waals surface area contributed by atoms with Crippen LogP contribution in [0.5, 0.6) is 0 Å². The van der Waals surface area contributed by atoms with Crippen LogP contribution in [-0.2, 0) is 4.74 Å². The van der Waals surface area contributed by atoms with Crippen molar-refractivity contribution in [2.45, 2.75) is 32.6 Å². The second-order valence-corrected chi connectivity index (χ2v) is 2.38. The SMILES string of the molecule is CCC=C1CCCCO1. The largest absolute Gasteiger partial charge is 0.498 e. The Balaban J connectivity index is 2.30. The summed E-state index contributed by atoms with van der Waals surface area (Å²) in [6, 6.07) is 0. The molecule has 0 aromatic carbocycles. The fourth-order valence-electron chi connectivity index (χ4n) is 1.07. The minimum atomic E-state index is 0.936. The molecule has 0 aromatic heterocycles. The van der Waals surface area contributed by atoms with E-state index in [4.69, 9.17) is 4.74 Å². The summed E-state index contributed by atoms with van der Waals surface area (Å²) in [6.07, 6.45) is 7.00. The summed E-state index contributed by atoms with van der Waals surface area (Å²) in [6.45, 7) is 3.08. The van der Waals surface area contributed by atoms with Crippen molar-refractivity contribution < 1.29 is 4.74 Å². The summed E-state index contributed by atoms with van der Waals surface area (Å²) in [5.74, 6) is 1.21. The molecule has 1 saturated heterocycles. The molecule has 1 nitrogen and oxygen atoms in total. The lowest BCUT2D eigenvalue weighted by atomic mass is 10.1. The second kappa shape index (κ2) is 3.54. The average molecular weight is 126 g/mol. The smallest absolute Gasteiger partial charge is 0.0919 e. The van der Waals surface area contributed by atoms with Crippen LogP contribution in [0.3, 0.4) is 0 Å². The van der Waals surface area contributed by atoms with Crippen molar-refractivity contribution in [3.63, 3.8) is 0 Å². The van der Waals surface area contributed by atoms with E-state index in [1.807, 2.05) is 0 Å². The highest BCUT2D eigenvalue weighted by atomic mass is 16.5. The maximum Gasteiger partial charge on any atom is 0.0919 e. The predicted molar refractivity (Wildman–Crippen MR) is 38.2 cm³/mol. The Morgan fingerprint density at radius 2 is 2.44 bits per heavy atom. The minimum absolute atomic E-state index is 0.936. The van der Waals surface area contributed by atoms with Crippen molar-refractivity contribution in [3.05, 3.63) is 11.8 Å². The van der Waals surface area contributed by atoms with E-state index in [2.05, 4.69) is 13.0 Å². The normalized spacial score (nSPS) is 23.9. The molecule has 0 N–H and O–H groups in total. The first-order chi connectivity index (χ1) is 4.43. The molecule has 1 heteroatoms. The van der Waals surface area contributed by atoms with Crippen LogP contribution >= 0.6 is 0 Å². The van der Waals surface area contributed by atoms with E-state index in [9.17, 15) is 0 Å². The molecule has 0 saturated carbocycles. The molecule has 9 heavy (non-hydrogen) atoms. The second-order valence-electron chi connectivity index (χ2n) is 2.38. The highest BCUT2D eigenvalue weighted by Gasteiger charge is 2.03. The first-order valence-corrected chi connectivity index (χ1v) is 3.75. The van der Waals surface area contributed by atoms with Gasteiger partial charge in [0.2, 0.25) is 0 Å². The van der Waals surface area contributed by atoms with Crippen molar-refractivity contribution in [1.29, 1.82) is 0 Å². The Kier molecular flexibility index (Phi) is 2.62. The van der Waals surface area contributed by atoms with E-state index in [0.717, 1.165) is 19.4 Å². The Morgan fingerprint density at radius 1 is 1.56 bits per heavy atom. The number of hydrogen-bond acceptors (Lipinski definition) is 1. The molecule has 1 aliphatic rings. The van der Waals surface area contributed by atoms with Crippen molar-refractivity contribution in [2.75, 3.05) is 6.61 Å². The number of hydrogen-bond donors (Lipinski definition) is 0. The van der Waals surface area contributed by atoms with E-state index >= 15 is 0 Å². The molecule has 0 atom stereocenters. The molecule has 0 bridgehead atoms. The third-order valence-electron chi connectivity index (χ3n) is 1.54. The fraction of sp³-hybridized carbons (Fsp3) is 0.750. The maximum absolute atomic E-state index is 5.38. The topological polar surface area (TPSA) is 9.23 Å². The van der Waals surface area contributed by atoms with Gasteiger partial charge in [-0.3, -0.25) is 0 Å². The molecule has 1 rings (SSSR count). The molecule has 1 fully saturated rings. The van der Waals surface area contributed by atoms with Gasteiger partial charge in [-0.2, -0.15) is 0 Å². The molecule has 1 aliphatic heterocycles. The van der Waals surface area contributed by atoms with Crippen LogP contribution in [0, 0.1) is 0 Å². The van der Waals surface area contributed by atoms with Gasteiger partial charge in [0.15, 0.2) is 0 Å². The van der Waals surface area contributed by atoms with E-state index in [-0.39, 0.29) is 0 Å². The Labute approximate surface area is 56.7 Å². The zero-order valence-electron chi connectivity index (χ0n) is 6.02. The highest BCUT2D eigenvalue weighted by molar-refractivity contribution is 4.93. The van der Waals surface area contributed by atoms with Crippen LogP contribution in [-0.4, -0.2) is 6.61 Å². The number of ether oxygens (including phenoxy) is 1. The van der Waals surface area contributed by atoms with Gasteiger partial charge in [0.25, 0.3) is 0 Å².